The largest absolute Gasteiger partial charge is 0.490 e. The lowest BCUT2D eigenvalue weighted by Crippen LogP contribution is -2.29. The predicted molar refractivity (Wildman–Crippen MR) is 148 cm³/mol. The van der Waals surface area contributed by atoms with Crippen molar-refractivity contribution in [2.45, 2.75) is 59.9 Å². The van der Waals surface area contributed by atoms with Crippen molar-refractivity contribution < 1.29 is 18.7 Å². The van der Waals surface area contributed by atoms with Crippen LogP contribution in [0.1, 0.15) is 77.5 Å². The van der Waals surface area contributed by atoms with Gasteiger partial charge in [0.15, 0.2) is 16.9 Å². The van der Waals surface area contributed by atoms with Gasteiger partial charge in [-0.05, 0) is 74.6 Å². The summed E-state index contributed by atoms with van der Waals surface area (Å²) in [5, 5.41) is 10.3. The van der Waals surface area contributed by atoms with Crippen LogP contribution in [0.25, 0.3) is 11.0 Å². The van der Waals surface area contributed by atoms with Crippen molar-refractivity contribution in [3.63, 3.8) is 0 Å². The molecule has 8 nitrogen and oxygen atoms in total. The van der Waals surface area contributed by atoms with E-state index in [0.717, 1.165) is 35.4 Å². The Morgan fingerprint density at radius 2 is 1.76 bits per heavy atom. The van der Waals surface area contributed by atoms with E-state index in [1.54, 1.807) is 0 Å². The number of hydrogen-bond donors (Lipinski definition) is 0. The first-order chi connectivity index (χ1) is 18.4. The molecular formula is C29H31N3O5S. The molecule has 1 aliphatic rings. The van der Waals surface area contributed by atoms with Crippen LogP contribution in [-0.2, 0) is 6.42 Å². The van der Waals surface area contributed by atoms with Crippen LogP contribution in [0.2, 0.25) is 0 Å². The van der Waals surface area contributed by atoms with E-state index in [2.05, 4.69) is 17.1 Å². The topological polar surface area (TPSA) is 94.8 Å². The maximum Gasteiger partial charge on any atom is 0.297 e. The van der Waals surface area contributed by atoms with Crippen molar-refractivity contribution >= 4 is 33.3 Å². The maximum atomic E-state index is 14.0. The van der Waals surface area contributed by atoms with Gasteiger partial charge < -0.3 is 13.9 Å². The highest BCUT2D eigenvalue weighted by Crippen LogP contribution is 2.44. The van der Waals surface area contributed by atoms with Crippen molar-refractivity contribution in [2.24, 2.45) is 0 Å². The Balaban J connectivity index is 1.74. The van der Waals surface area contributed by atoms with Crippen LogP contribution in [0, 0.1) is 13.8 Å². The first kappa shape index (κ1) is 25.9. The highest BCUT2D eigenvalue weighted by atomic mass is 32.1. The third-order valence-corrected chi connectivity index (χ3v) is 7.64. The number of ether oxygens (including phenoxy) is 2. The SMILES string of the molecule is CCCOc1ccc(C2c3c(oc4cc(C)c(C)cc4c3=O)C(=O)N2c2nnc(CCC)s2)cc1OCC. The van der Waals surface area contributed by atoms with Crippen molar-refractivity contribution in [3.8, 4) is 11.5 Å². The predicted octanol–water partition coefficient (Wildman–Crippen LogP) is 6.15. The molecule has 0 spiro atoms. The fourth-order valence-electron chi connectivity index (χ4n) is 4.69. The minimum absolute atomic E-state index is 0.0345. The highest BCUT2D eigenvalue weighted by Gasteiger charge is 2.45. The smallest absolute Gasteiger partial charge is 0.297 e. The number of fused-ring (bicyclic) bond motifs is 2. The van der Waals surface area contributed by atoms with Crippen molar-refractivity contribution in [1.82, 2.24) is 10.2 Å². The lowest BCUT2D eigenvalue weighted by Gasteiger charge is -2.23. The van der Waals surface area contributed by atoms with Crippen LogP contribution in [0.5, 0.6) is 11.5 Å². The van der Waals surface area contributed by atoms with Crippen LogP contribution < -0.4 is 19.8 Å². The quantitative estimate of drug-likeness (QED) is 0.255. The van der Waals surface area contributed by atoms with E-state index in [0.29, 0.717) is 51.9 Å². The molecule has 1 unspecified atom stereocenters. The second kappa shape index (κ2) is 10.6. The fourth-order valence-corrected chi connectivity index (χ4v) is 5.66. The highest BCUT2D eigenvalue weighted by molar-refractivity contribution is 7.15. The van der Waals surface area contributed by atoms with Gasteiger partial charge in [-0.1, -0.05) is 31.3 Å². The Morgan fingerprint density at radius 1 is 0.974 bits per heavy atom. The van der Waals surface area contributed by atoms with Gasteiger partial charge in [0.1, 0.15) is 10.6 Å². The number of carbonyl (C=O) groups is 1. The number of carbonyl (C=O) groups excluding carboxylic acids is 1. The molecule has 1 aliphatic heterocycles. The number of nitrogens with zero attached hydrogens (tertiary/aromatic N) is 3. The molecule has 0 fully saturated rings. The normalized spacial score (nSPS) is 14.8. The second-order valence-electron chi connectivity index (χ2n) is 9.40. The van der Waals surface area contributed by atoms with E-state index in [4.69, 9.17) is 13.9 Å². The summed E-state index contributed by atoms with van der Waals surface area (Å²) < 4.78 is 17.9. The number of rotatable bonds is 9. The van der Waals surface area contributed by atoms with Crippen molar-refractivity contribution in [2.75, 3.05) is 18.1 Å². The second-order valence-corrected chi connectivity index (χ2v) is 10.4. The summed E-state index contributed by atoms with van der Waals surface area (Å²) in [6.07, 6.45) is 2.53. The van der Waals surface area contributed by atoms with Gasteiger partial charge >= 0.3 is 0 Å². The summed E-state index contributed by atoms with van der Waals surface area (Å²) in [5.41, 5.74) is 3.12. The minimum Gasteiger partial charge on any atom is -0.490 e. The molecule has 0 saturated carbocycles. The Kier molecular flexibility index (Phi) is 7.21. The summed E-state index contributed by atoms with van der Waals surface area (Å²) in [6, 6.07) is 8.43. The van der Waals surface area contributed by atoms with Gasteiger partial charge in [0, 0.05) is 6.42 Å². The zero-order valence-corrected chi connectivity index (χ0v) is 23.1. The lowest BCUT2D eigenvalue weighted by molar-refractivity contribution is 0.0970. The molecule has 1 atom stereocenters. The lowest BCUT2D eigenvalue weighted by atomic mass is 9.97. The van der Waals surface area contributed by atoms with E-state index in [9.17, 15) is 9.59 Å². The van der Waals surface area contributed by atoms with Gasteiger partial charge in [0.2, 0.25) is 10.9 Å². The number of hydrogen-bond acceptors (Lipinski definition) is 8. The standard InChI is InChI=1S/C29H31N3O5S/c1-6-9-23-30-31-29(38-23)32-25(18-10-11-20(36-12-7-2)22(15-18)35-8-3)24-26(33)19-13-16(4)17(5)14-21(19)37-27(24)28(32)34/h10-11,13-15,25H,6-9,12H2,1-5H3. The van der Waals surface area contributed by atoms with E-state index in [1.807, 2.05) is 58.0 Å². The summed E-state index contributed by atoms with van der Waals surface area (Å²) in [4.78, 5) is 29.4. The van der Waals surface area contributed by atoms with Crippen molar-refractivity contribution in [3.05, 3.63) is 73.6 Å². The van der Waals surface area contributed by atoms with Crippen LogP contribution in [0.15, 0.2) is 39.5 Å². The zero-order valence-electron chi connectivity index (χ0n) is 22.3. The van der Waals surface area contributed by atoms with Gasteiger partial charge in [-0.3, -0.25) is 14.5 Å². The number of aromatic nitrogens is 2. The van der Waals surface area contributed by atoms with E-state index >= 15 is 0 Å². The fraction of sp³-hybridized carbons (Fsp3) is 0.379. The number of aryl methyl sites for hydroxylation is 3. The van der Waals surface area contributed by atoms with Crippen molar-refractivity contribution in [1.29, 1.82) is 0 Å². The van der Waals surface area contributed by atoms with E-state index in [1.165, 1.54) is 16.2 Å². The van der Waals surface area contributed by atoms with Gasteiger partial charge in [-0.15, -0.1) is 10.2 Å². The molecule has 0 radical (unpaired) electrons. The molecule has 2 aromatic heterocycles. The molecule has 4 aromatic rings. The van der Waals surface area contributed by atoms with E-state index < -0.39 is 11.9 Å². The molecule has 1 amide bonds. The first-order valence-corrected chi connectivity index (χ1v) is 13.8. The first-order valence-electron chi connectivity index (χ1n) is 13.0. The minimum atomic E-state index is -0.749. The molecule has 0 bridgehead atoms. The maximum absolute atomic E-state index is 14.0. The molecule has 198 valence electrons. The summed E-state index contributed by atoms with van der Waals surface area (Å²) >= 11 is 1.35. The Bertz CT molecular complexity index is 1570. The van der Waals surface area contributed by atoms with Crippen LogP contribution >= 0.6 is 11.3 Å². The zero-order chi connectivity index (χ0) is 27.0. The molecule has 38 heavy (non-hydrogen) atoms. The van der Waals surface area contributed by atoms with Crippen LogP contribution in [-0.4, -0.2) is 29.3 Å². The third-order valence-electron chi connectivity index (χ3n) is 6.66. The van der Waals surface area contributed by atoms with Gasteiger partial charge in [0.25, 0.3) is 5.91 Å². The molecule has 3 heterocycles. The third kappa shape index (κ3) is 4.45. The number of amides is 1. The molecular weight excluding hydrogens is 502 g/mol. The molecule has 9 heteroatoms. The summed E-state index contributed by atoms with van der Waals surface area (Å²) in [5.74, 6) is 0.796. The molecule has 0 aliphatic carbocycles. The summed E-state index contributed by atoms with van der Waals surface area (Å²) in [6.45, 7) is 10.9. The Hall–Kier alpha value is -3.72. The summed E-state index contributed by atoms with van der Waals surface area (Å²) in [7, 11) is 0. The molecule has 0 saturated heterocycles. The number of benzene rings is 2. The average Bonchev–Trinajstić information content (AvgIpc) is 3.47. The molecule has 0 N–H and O–H groups in total. The van der Waals surface area contributed by atoms with Gasteiger partial charge in [0.05, 0.1) is 30.2 Å². The monoisotopic (exact) mass is 533 g/mol. The van der Waals surface area contributed by atoms with Gasteiger partial charge in [-0.2, -0.15) is 0 Å². The van der Waals surface area contributed by atoms with Crippen LogP contribution in [0.3, 0.4) is 0 Å². The Morgan fingerprint density at radius 3 is 2.50 bits per heavy atom. The number of anilines is 1. The van der Waals surface area contributed by atoms with E-state index in [-0.39, 0.29) is 11.2 Å². The Labute approximate surface area is 225 Å². The van der Waals surface area contributed by atoms with Crippen LogP contribution in [0.4, 0.5) is 5.13 Å². The molecule has 5 rings (SSSR count). The van der Waals surface area contributed by atoms with Gasteiger partial charge in [-0.25, -0.2) is 0 Å². The molecule has 2 aromatic carbocycles. The average molecular weight is 534 g/mol.